The normalized spacial score (nSPS) is 26.7. The highest BCUT2D eigenvalue weighted by atomic mass is 16.5. The number of carbonyl (C=O) groups is 4. The Bertz CT molecular complexity index is 1160. The Hall–Kier alpha value is -3.48. The molecular formula is C27H28N2O5. The van der Waals surface area contributed by atoms with Crippen LogP contribution in [0.1, 0.15) is 38.2 Å². The summed E-state index contributed by atoms with van der Waals surface area (Å²) in [5, 5.41) is 0. The molecule has 176 valence electrons. The lowest BCUT2D eigenvalue weighted by atomic mass is 9.76. The number of fused-ring (bicyclic) bond motifs is 1. The molecule has 3 fully saturated rings. The van der Waals surface area contributed by atoms with Crippen LogP contribution in [0.3, 0.4) is 0 Å². The highest BCUT2D eigenvalue weighted by Gasteiger charge is 2.50. The molecule has 0 bridgehead atoms. The predicted molar refractivity (Wildman–Crippen MR) is 126 cm³/mol. The van der Waals surface area contributed by atoms with Crippen molar-refractivity contribution in [3.63, 3.8) is 0 Å². The Morgan fingerprint density at radius 2 is 1.68 bits per heavy atom. The van der Waals surface area contributed by atoms with E-state index in [0.29, 0.717) is 17.4 Å². The molecule has 0 radical (unpaired) electrons. The summed E-state index contributed by atoms with van der Waals surface area (Å²) in [6, 6.07) is 14.1. The summed E-state index contributed by atoms with van der Waals surface area (Å²) in [7, 11) is 0. The number of benzene rings is 2. The van der Waals surface area contributed by atoms with E-state index < -0.39 is 11.9 Å². The minimum Gasteiger partial charge on any atom is -0.426 e. The first-order chi connectivity index (χ1) is 16.3. The van der Waals surface area contributed by atoms with Gasteiger partial charge in [-0.1, -0.05) is 19.1 Å². The maximum atomic E-state index is 12.9. The van der Waals surface area contributed by atoms with Crippen LogP contribution in [0.5, 0.6) is 5.75 Å². The van der Waals surface area contributed by atoms with Gasteiger partial charge in [0.25, 0.3) is 0 Å². The number of imide groups is 1. The zero-order valence-electron chi connectivity index (χ0n) is 19.4. The van der Waals surface area contributed by atoms with Crippen molar-refractivity contribution < 1.29 is 23.9 Å². The third-order valence-corrected chi connectivity index (χ3v) is 7.27. The van der Waals surface area contributed by atoms with Gasteiger partial charge >= 0.3 is 5.97 Å². The van der Waals surface area contributed by atoms with Gasteiger partial charge in [0.1, 0.15) is 5.75 Å². The zero-order chi connectivity index (χ0) is 24.0. The second-order valence-corrected chi connectivity index (χ2v) is 9.80. The molecular weight excluding hydrogens is 432 g/mol. The lowest BCUT2D eigenvalue weighted by molar-refractivity contribution is -0.139. The summed E-state index contributed by atoms with van der Waals surface area (Å²) in [5.74, 6) is -1.08. The van der Waals surface area contributed by atoms with Crippen LogP contribution < -0.4 is 14.5 Å². The second kappa shape index (κ2) is 8.70. The van der Waals surface area contributed by atoms with Crippen LogP contribution in [0.25, 0.3) is 0 Å². The molecule has 0 spiro atoms. The SMILES string of the molecule is Cc1cccc(N2C[C@H](C(=O)Oc3ccc(N4C(=O)[C@@H]5CC[C@H](C)C[C@H]5C4=O)cc3)CC2=O)c1. The number of hydrogen-bond donors (Lipinski definition) is 0. The number of hydrogen-bond acceptors (Lipinski definition) is 5. The lowest BCUT2D eigenvalue weighted by Gasteiger charge is -2.25. The van der Waals surface area contributed by atoms with Gasteiger partial charge in [0.05, 0.1) is 23.4 Å². The van der Waals surface area contributed by atoms with Crippen molar-refractivity contribution in [3.05, 3.63) is 54.1 Å². The van der Waals surface area contributed by atoms with Crippen molar-refractivity contribution >= 4 is 35.1 Å². The van der Waals surface area contributed by atoms with Crippen LogP contribution >= 0.6 is 0 Å². The standard InChI is InChI=1S/C27H28N2O5/c1-16-4-3-5-20(12-16)28-15-18(14-24(28)30)27(33)34-21-9-7-19(8-10-21)29-25(31)22-11-6-17(2)13-23(22)26(29)32/h3-5,7-10,12,17-18,22-23H,6,11,13-15H2,1-2H3/t17-,18+,22+,23+/m0/s1. The van der Waals surface area contributed by atoms with Crippen molar-refractivity contribution in [2.24, 2.45) is 23.7 Å². The lowest BCUT2D eigenvalue weighted by Crippen LogP contribution is -2.30. The highest BCUT2D eigenvalue weighted by Crippen LogP contribution is 2.42. The third-order valence-electron chi connectivity index (χ3n) is 7.27. The van der Waals surface area contributed by atoms with Crippen molar-refractivity contribution in [1.82, 2.24) is 0 Å². The average Bonchev–Trinajstić information content (AvgIpc) is 3.32. The van der Waals surface area contributed by atoms with Gasteiger partial charge in [0.2, 0.25) is 17.7 Å². The van der Waals surface area contributed by atoms with Crippen molar-refractivity contribution in [1.29, 1.82) is 0 Å². The van der Waals surface area contributed by atoms with Gasteiger partial charge in [0.15, 0.2) is 0 Å². The fourth-order valence-corrected chi connectivity index (χ4v) is 5.42. The van der Waals surface area contributed by atoms with Crippen LogP contribution in [0.4, 0.5) is 11.4 Å². The molecule has 7 heteroatoms. The maximum absolute atomic E-state index is 12.9. The molecule has 4 atom stereocenters. The van der Waals surface area contributed by atoms with Crippen LogP contribution in [0, 0.1) is 30.6 Å². The van der Waals surface area contributed by atoms with Crippen LogP contribution in [-0.4, -0.2) is 30.2 Å². The Morgan fingerprint density at radius 3 is 2.41 bits per heavy atom. The summed E-state index contributed by atoms with van der Waals surface area (Å²) >= 11 is 0. The fourth-order valence-electron chi connectivity index (χ4n) is 5.42. The third kappa shape index (κ3) is 4.00. The first-order valence-electron chi connectivity index (χ1n) is 11.9. The van der Waals surface area contributed by atoms with Gasteiger partial charge < -0.3 is 9.64 Å². The molecule has 7 nitrogen and oxygen atoms in total. The van der Waals surface area contributed by atoms with E-state index in [4.69, 9.17) is 4.74 Å². The quantitative estimate of drug-likeness (QED) is 0.393. The van der Waals surface area contributed by atoms with Crippen LogP contribution in [0.15, 0.2) is 48.5 Å². The predicted octanol–water partition coefficient (Wildman–Crippen LogP) is 3.88. The Kier molecular flexibility index (Phi) is 5.71. The fraction of sp³-hybridized carbons (Fsp3) is 0.407. The molecule has 2 saturated heterocycles. The van der Waals surface area contributed by atoms with E-state index in [1.807, 2.05) is 31.2 Å². The van der Waals surface area contributed by atoms with E-state index >= 15 is 0 Å². The highest BCUT2D eigenvalue weighted by molar-refractivity contribution is 6.22. The van der Waals surface area contributed by atoms with Crippen molar-refractivity contribution in [3.8, 4) is 5.75 Å². The molecule has 0 aromatic heterocycles. The van der Waals surface area contributed by atoms with Gasteiger partial charge in [-0.2, -0.15) is 0 Å². The van der Waals surface area contributed by atoms with Crippen LogP contribution in [-0.2, 0) is 19.2 Å². The van der Waals surface area contributed by atoms with Gasteiger partial charge in [-0.05, 0) is 74.1 Å². The van der Waals surface area contributed by atoms with E-state index in [0.717, 1.165) is 30.5 Å². The maximum Gasteiger partial charge on any atom is 0.316 e. The second-order valence-electron chi connectivity index (χ2n) is 9.80. The number of esters is 1. The number of nitrogens with zero attached hydrogens (tertiary/aromatic N) is 2. The number of ether oxygens (including phenoxy) is 1. The van der Waals surface area contributed by atoms with Crippen LogP contribution in [0.2, 0.25) is 0 Å². The number of rotatable bonds is 4. The molecule has 3 aliphatic rings. The molecule has 2 aromatic carbocycles. The van der Waals surface area contributed by atoms with Crippen molar-refractivity contribution in [2.45, 2.75) is 39.5 Å². The van der Waals surface area contributed by atoms with Gasteiger partial charge in [-0.3, -0.25) is 24.1 Å². The first kappa shape index (κ1) is 22.3. The molecule has 34 heavy (non-hydrogen) atoms. The molecule has 0 unspecified atom stereocenters. The first-order valence-corrected chi connectivity index (χ1v) is 11.9. The summed E-state index contributed by atoms with van der Waals surface area (Å²) in [5.41, 5.74) is 2.32. The average molecular weight is 461 g/mol. The zero-order valence-corrected chi connectivity index (χ0v) is 19.4. The topological polar surface area (TPSA) is 84.0 Å². The van der Waals surface area contributed by atoms with E-state index in [2.05, 4.69) is 6.92 Å². The number of carbonyl (C=O) groups excluding carboxylic acids is 4. The van der Waals surface area contributed by atoms with E-state index in [1.165, 1.54) is 4.90 Å². The number of anilines is 2. The van der Waals surface area contributed by atoms with E-state index in [-0.39, 0.29) is 42.5 Å². The van der Waals surface area contributed by atoms with Gasteiger partial charge in [-0.15, -0.1) is 0 Å². The molecule has 2 heterocycles. The molecule has 3 amide bonds. The Labute approximate surface area is 198 Å². The Morgan fingerprint density at radius 1 is 0.941 bits per heavy atom. The minimum atomic E-state index is -0.556. The molecule has 5 rings (SSSR count). The van der Waals surface area contributed by atoms with E-state index in [9.17, 15) is 19.2 Å². The number of aryl methyl sites for hydroxylation is 1. The largest absolute Gasteiger partial charge is 0.426 e. The Balaban J connectivity index is 1.24. The van der Waals surface area contributed by atoms with Crippen molar-refractivity contribution in [2.75, 3.05) is 16.3 Å². The summed E-state index contributed by atoms with van der Waals surface area (Å²) < 4.78 is 5.53. The van der Waals surface area contributed by atoms with Gasteiger partial charge in [0, 0.05) is 18.7 Å². The molecule has 2 aromatic rings. The smallest absolute Gasteiger partial charge is 0.316 e. The molecule has 0 N–H and O–H groups in total. The number of amides is 3. The van der Waals surface area contributed by atoms with E-state index in [1.54, 1.807) is 29.2 Å². The summed E-state index contributed by atoms with van der Waals surface area (Å²) in [4.78, 5) is 53.9. The summed E-state index contributed by atoms with van der Waals surface area (Å²) in [6.45, 7) is 4.35. The van der Waals surface area contributed by atoms with Gasteiger partial charge in [-0.25, -0.2) is 0 Å². The summed E-state index contributed by atoms with van der Waals surface area (Å²) in [6.07, 6.45) is 2.57. The monoisotopic (exact) mass is 460 g/mol. The molecule has 1 aliphatic carbocycles. The molecule has 1 saturated carbocycles. The molecule has 2 aliphatic heterocycles. The minimum absolute atomic E-state index is 0.100.